The van der Waals surface area contributed by atoms with E-state index in [1.807, 2.05) is 24.3 Å². The third-order valence-corrected chi connectivity index (χ3v) is 3.99. The fourth-order valence-electron chi connectivity index (χ4n) is 2.55. The standard InChI is InChI=1S/C20H21N5O3/c1-28-17-7-5-15(6-8-17)9-11-22-19(26)14-25-13-16(12-23-25)24-20(27)18-4-2-3-10-21-18/h2-8,10,12-13H,9,11,14H2,1H3,(H,22,26)(H,24,27). The molecule has 0 atom stereocenters. The van der Waals surface area contributed by atoms with Crippen molar-refractivity contribution in [2.75, 3.05) is 19.0 Å². The molecule has 0 radical (unpaired) electrons. The summed E-state index contributed by atoms with van der Waals surface area (Å²) in [5.41, 5.74) is 1.92. The molecule has 2 aromatic heterocycles. The first kappa shape index (κ1) is 19.1. The number of aromatic nitrogens is 3. The van der Waals surface area contributed by atoms with Crippen LogP contribution in [0.5, 0.6) is 5.75 Å². The zero-order valence-electron chi connectivity index (χ0n) is 15.5. The SMILES string of the molecule is COc1ccc(CCNC(=O)Cn2cc(NC(=O)c3ccccn3)cn2)cc1. The van der Waals surface area contributed by atoms with Crippen molar-refractivity contribution in [2.24, 2.45) is 0 Å². The van der Waals surface area contributed by atoms with Crippen molar-refractivity contribution < 1.29 is 14.3 Å². The zero-order valence-corrected chi connectivity index (χ0v) is 15.5. The van der Waals surface area contributed by atoms with Crippen molar-refractivity contribution in [3.8, 4) is 5.75 Å². The molecular weight excluding hydrogens is 358 g/mol. The van der Waals surface area contributed by atoms with Crippen molar-refractivity contribution in [3.63, 3.8) is 0 Å². The van der Waals surface area contributed by atoms with Crippen LogP contribution < -0.4 is 15.4 Å². The van der Waals surface area contributed by atoms with E-state index in [0.29, 0.717) is 17.9 Å². The number of carbonyl (C=O) groups is 2. The van der Waals surface area contributed by atoms with Crippen LogP contribution in [-0.4, -0.2) is 40.2 Å². The van der Waals surface area contributed by atoms with Gasteiger partial charge in [-0.3, -0.25) is 19.3 Å². The Balaban J connectivity index is 1.43. The number of benzene rings is 1. The number of carbonyl (C=O) groups excluding carboxylic acids is 2. The molecule has 3 rings (SSSR count). The van der Waals surface area contributed by atoms with E-state index in [-0.39, 0.29) is 18.4 Å². The maximum absolute atomic E-state index is 12.1. The van der Waals surface area contributed by atoms with Crippen molar-refractivity contribution >= 4 is 17.5 Å². The van der Waals surface area contributed by atoms with Gasteiger partial charge in [0.25, 0.3) is 5.91 Å². The van der Waals surface area contributed by atoms with Crippen LogP contribution >= 0.6 is 0 Å². The molecule has 0 fully saturated rings. The normalized spacial score (nSPS) is 10.3. The number of amides is 2. The highest BCUT2D eigenvalue weighted by molar-refractivity contribution is 6.02. The minimum Gasteiger partial charge on any atom is -0.497 e. The molecule has 1 aromatic carbocycles. The number of methoxy groups -OCH3 is 1. The number of anilines is 1. The molecule has 2 heterocycles. The van der Waals surface area contributed by atoms with E-state index in [9.17, 15) is 9.59 Å². The molecule has 0 saturated carbocycles. The second-order valence-corrected chi connectivity index (χ2v) is 6.04. The molecule has 0 spiro atoms. The highest BCUT2D eigenvalue weighted by atomic mass is 16.5. The van der Waals surface area contributed by atoms with Gasteiger partial charge in [0.2, 0.25) is 5.91 Å². The minimum atomic E-state index is -0.330. The molecule has 0 aliphatic carbocycles. The van der Waals surface area contributed by atoms with Gasteiger partial charge in [-0.25, -0.2) is 0 Å². The van der Waals surface area contributed by atoms with Gasteiger partial charge in [0.1, 0.15) is 18.0 Å². The molecule has 144 valence electrons. The summed E-state index contributed by atoms with van der Waals surface area (Å²) in [7, 11) is 1.62. The molecule has 28 heavy (non-hydrogen) atoms. The van der Waals surface area contributed by atoms with E-state index in [1.54, 1.807) is 37.7 Å². The minimum absolute atomic E-state index is 0.0715. The van der Waals surface area contributed by atoms with E-state index < -0.39 is 0 Å². The molecule has 2 amide bonds. The van der Waals surface area contributed by atoms with Gasteiger partial charge in [0.15, 0.2) is 0 Å². The van der Waals surface area contributed by atoms with Crippen molar-refractivity contribution in [1.82, 2.24) is 20.1 Å². The van der Waals surface area contributed by atoms with Crippen LogP contribution in [-0.2, 0) is 17.8 Å². The van der Waals surface area contributed by atoms with E-state index in [4.69, 9.17) is 4.74 Å². The van der Waals surface area contributed by atoms with Crippen LogP contribution in [0.25, 0.3) is 0 Å². The molecule has 8 heteroatoms. The van der Waals surface area contributed by atoms with E-state index in [0.717, 1.165) is 17.7 Å². The summed E-state index contributed by atoms with van der Waals surface area (Å²) in [5.74, 6) is 0.320. The Morgan fingerprint density at radius 1 is 1.14 bits per heavy atom. The quantitative estimate of drug-likeness (QED) is 0.623. The number of nitrogens with zero attached hydrogens (tertiary/aromatic N) is 3. The third kappa shape index (κ3) is 5.41. The fraction of sp³-hybridized carbons (Fsp3) is 0.200. The Morgan fingerprint density at radius 3 is 2.68 bits per heavy atom. The molecule has 0 unspecified atom stereocenters. The van der Waals surface area contributed by atoms with Crippen LogP contribution in [0.4, 0.5) is 5.69 Å². The number of rotatable bonds is 8. The summed E-state index contributed by atoms with van der Waals surface area (Å²) in [4.78, 5) is 28.1. The lowest BCUT2D eigenvalue weighted by Crippen LogP contribution is -2.29. The Hall–Kier alpha value is -3.68. The Labute approximate surface area is 162 Å². The molecule has 0 aliphatic rings. The lowest BCUT2D eigenvalue weighted by Gasteiger charge is -2.06. The van der Waals surface area contributed by atoms with Gasteiger partial charge in [0, 0.05) is 18.9 Å². The zero-order chi connectivity index (χ0) is 19.8. The van der Waals surface area contributed by atoms with Gasteiger partial charge in [0.05, 0.1) is 19.0 Å². The summed E-state index contributed by atoms with van der Waals surface area (Å²) in [6, 6.07) is 12.8. The number of nitrogens with one attached hydrogen (secondary N) is 2. The Bertz CT molecular complexity index is 923. The molecular formula is C20H21N5O3. The lowest BCUT2D eigenvalue weighted by molar-refractivity contribution is -0.121. The summed E-state index contributed by atoms with van der Waals surface area (Å²) in [5, 5.41) is 9.65. The van der Waals surface area contributed by atoms with Crippen molar-refractivity contribution in [3.05, 3.63) is 72.3 Å². The second-order valence-electron chi connectivity index (χ2n) is 6.04. The number of pyridine rings is 1. The third-order valence-electron chi connectivity index (χ3n) is 3.99. The maximum atomic E-state index is 12.1. The average Bonchev–Trinajstić information content (AvgIpc) is 3.15. The predicted molar refractivity (Wildman–Crippen MR) is 104 cm³/mol. The van der Waals surface area contributed by atoms with Crippen LogP contribution in [0.2, 0.25) is 0 Å². The summed E-state index contributed by atoms with van der Waals surface area (Å²) in [6.45, 7) is 0.595. The van der Waals surface area contributed by atoms with Gasteiger partial charge in [-0.05, 0) is 36.2 Å². The van der Waals surface area contributed by atoms with E-state index >= 15 is 0 Å². The molecule has 2 N–H and O–H groups in total. The summed E-state index contributed by atoms with van der Waals surface area (Å²) in [6.07, 6.45) is 5.37. The van der Waals surface area contributed by atoms with Gasteiger partial charge in [-0.15, -0.1) is 0 Å². The smallest absolute Gasteiger partial charge is 0.274 e. The highest BCUT2D eigenvalue weighted by Gasteiger charge is 2.09. The van der Waals surface area contributed by atoms with Gasteiger partial charge in [-0.2, -0.15) is 5.10 Å². The number of hydrogen-bond acceptors (Lipinski definition) is 5. The van der Waals surface area contributed by atoms with Crippen LogP contribution in [0.3, 0.4) is 0 Å². The van der Waals surface area contributed by atoms with E-state index in [1.165, 1.54) is 10.9 Å². The first-order chi connectivity index (χ1) is 13.6. The van der Waals surface area contributed by atoms with E-state index in [2.05, 4.69) is 20.7 Å². The molecule has 0 aliphatic heterocycles. The maximum Gasteiger partial charge on any atom is 0.274 e. The average molecular weight is 379 g/mol. The first-order valence-electron chi connectivity index (χ1n) is 8.78. The second kappa shape index (κ2) is 9.31. The molecule has 0 bridgehead atoms. The Morgan fingerprint density at radius 2 is 1.96 bits per heavy atom. The van der Waals surface area contributed by atoms with Crippen LogP contribution in [0.1, 0.15) is 16.1 Å². The molecule has 3 aromatic rings. The fourth-order valence-corrected chi connectivity index (χ4v) is 2.55. The predicted octanol–water partition coefficient (Wildman–Crippen LogP) is 1.90. The molecule has 8 nitrogen and oxygen atoms in total. The molecule has 0 saturated heterocycles. The summed E-state index contributed by atoms with van der Waals surface area (Å²) >= 11 is 0. The monoisotopic (exact) mass is 379 g/mol. The number of hydrogen-bond donors (Lipinski definition) is 2. The van der Waals surface area contributed by atoms with Crippen molar-refractivity contribution in [1.29, 1.82) is 0 Å². The van der Waals surface area contributed by atoms with Gasteiger partial charge >= 0.3 is 0 Å². The van der Waals surface area contributed by atoms with Crippen LogP contribution in [0.15, 0.2) is 61.1 Å². The summed E-state index contributed by atoms with van der Waals surface area (Å²) < 4.78 is 6.59. The highest BCUT2D eigenvalue weighted by Crippen LogP contribution is 2.11. The van der Waals surface area contributed by atoms with Crippen LogP contribution in [0, 0.1) is 0 Å². The number of ether oxygens (including phenoxy) is 1. The van der Waals surface area contributed by atoms with Crippen molar-refractivity contribution in [2.45, 2.75) is 13.0 Å². The van der Waals surface area contributed by atoms with Gasteiger partial charge in [-0.1, -0.05) is 18.2 Å². The van der Waals surface area contributed by atoms with Gasteiger partial charge < -0.3 is 15.4 Å². The topological polar surface area (TPSA) is 98.1 Å². The lowest BCUT2D eigenvalue weighted by atomic mass is 10.1. The largest absolute Gasteiger partial charge is 0.497 e. The first-order valence-corrected chi connectivity index (χ1v) is 8.78. The Kier molecular flexibility index (Phi) is 6.35.